The molecule has 0 saturated carbocycles. The Bertz CT molecular complexity index is 1950. The molecule has 1 heterocycles. The van der Waals surface area contributed by atoms with Crippen molar-refractivity contribution >= 4 is 31.8 Å². The van der Waals surface area contributed by atoms with Gasteiger partial charge in [-0.05, 0) is 84.4 Å². The SMILES string of the molecule is CC(Oc1ccc([S+](c2ccccc2)c2ccc(C3(c4ccc5ccccc5c4)OCC(C)(C)CO3)cc2)cc1)C(F)(F)S(=O)(=O)O. The van der Waals surface area contributed by atoms with Gasteiger partial charge in [-0.2, -0.15) is 17.2 Å². The van der Waals surface area contributed by atoms with E-state index in [4.69, 9.17) is 18.8 Å². The van der Waals surface area contributed by atoms with Crippen molar-refractivity contribution in [3.8, 4) is 5.75 Å². The molecule has 0 aliphatic carbocycles. The summed E-state index contributed by atoms with van der Waals surface area (Å²) in [5.74, 6) is -1.05. The Balaban J connectivity index is 1.35. The first-order valence-corrected chi connectivity index (χ1v) is 17.7. The van der Waals surface area contributed by atoms with Gasteiger partial charge in [0, 0.05) is 16.5 Å². The Hall–Kier alpha value is -3.80. The molecule has 1 saturated heterocycles. The maximum Gasteiger partial charge on any atom is 0.405 e. The standard InChI is InChI=1S/C37H34F2O6S2/c1-26(37(38,39)47(40,41)42)45-31-17-21-34(22-18-31)46(32-11-5-4-6-12-32)33-19-15-29(16-20-33)36(43-24-35(2,3)25-44-36)30-14-13-27-9-7-8-10-28(27)23-30/h4-23,26H,24-25H2,1-3H3/p+1. The van der Waals surface area contributed by atoms with Crippen LogP contribution >= 0.6 is 0 Å². The van der Waals surface area contributed by atoms with E-state index in [1.165, 1.54) is 12.1 Å². The van der Waals surface area contributed by atoms with E-state index in [-0.39, 0.29) is 11.2 Å². The van der Waals surface area contributed by atoms with E-state index < -0.39 is 38.2 Å². The van der Waals surface area contributed by atoms with Gasteiger partial charge in [-0.25, -0.2) is 0 Å². The summed E-state index contributed by atoms with van der Waals surface area (Å²) < 4.78 is 77.9. The minimum atomic E-state index is -5.64. The van der Waals surface area contributed by atoms with Crippen LogP contribution in [0.1, 0.15) is 31.9 Å². The molecule has 1 fully saturated rings. The molecule has 2 atom stereocenters. The molecule has 5 aromatic rings. The lowest BCUT2D eigenvalue weighted by molar-refractivity contribution is -0.284. The number of ether oxygens (including phenoxy) is 3. The molecule has 0 spiro atoms. The lowest BCUT2D eigenvalue weighted by atomic mass is 9.90. The molecule has 10 heteroatoms. The second-order valence-corrected chi connectivity index (χ2v) is 15.9. The van der Waals surface area contributed by atoms with Crippen LogP contribution in [-0.4, -0.2) is 37.5 Å². The second-order valence-electron chi connectivity index (χ2n) is 12.3. The summed E-state index contributed by atoms with van der Waals surface area (Å²) in [6.45, 7) is 6.15. The van der Waals surface area contributed by atoms with Crippen LogP contribution in [0.25, 0.3) is 10.8 Å². The Morgan fingerprint density at radius 3 is 1.85 bits per heavy atom. The summed E-state index contributed by atoms with van der Waals surface area (Å²) >= 11 is 0. The highest BCUT2D eigenvalue weighted by Crippen LogP contribution is 2.43. The minimum Gasteiger partial charge on any atom is -0.483 e. The summed E-state index contributed by atoms with van der Waals surface area (Å²) in [5, 5.41) is -2.25. The molecule has 2 unspecified atom stereocenters. The molecule has 0 bridgehead atoms. The van der Waals surface area contributed by atoms with Crippen LogP contribution in [0.2, 0.25) is 0 Å². The molecule has 0 amide bonds. The first-order valence-electron chi connectivity index (χ1n) is 15.1. The van der Waals surface area contributed by atoms with Gasteiger partial charge >= 0.3 is 15.4 Å². The Morgan fingerprint density at radius 2 is 1.26 bits per heavy atom. The maximum absolute atomic E-state index is 14.1. The predicted octanol–water partition coefficient (Wildman–Crippen LogP) is 8.46. The zero-order chi connectivity index (χ0) is 33.5. The quantitative estimate of drug-likeness (QED) is 0.125. The topological polar surface area (TPSA) is 82.1 Å². The van der Waals surface area contributed by atoms with Crippen molar-refractivity contribution in [2.45, 2.75) is 52.6 Å². The number of halogens is 2. The van der Waals surface area contributed by atoms with Crippen LogP contribution in [0, 0.1) is 5.41 Å². The second kappa shape index (κ2) is 12.7. The zero-order valence-corrected chi connectivity index (χ0v) is 27.7. The summed E-state index contributed by atoms with van der Waals surface area (Å²) in [6.07, 6.45) is -2.10. The average Bonchev–Trinajstić information content (AvgIpc) is 3.06. The molecule has 1 aliphatic heterocycles. The Kier molecular flexibility index (Phi) is 8.92. The number of alkyl halides is 2. The number of hydrogen-bond donors (Lipinski definition) is 1. The largest absolute Gasteiger partial charge is 0.483 e. The van der Waals surface area contributed by atoms with Gasteiger partial charge in [0.15, 0.2) is 20.8 Å². The number of fused-ring (bicyclic) bond motifs is 1. The molecule has 0 aromatic heterocycles. The summed E-state index contributed by atoms with van der Waals surface area (Å²) in [6, 6.07) is 39.1. The minimum absolute atomic E-state index is 0.0448. The molecular formula is C37H35F2O6S2+. The highest BCUT2D eigenvalue weighted by atomic mass is 32.2. The maximum atomic E-state index is 14.1. The molecular weight excluding hydrogens is 643 g/mol. The number of hydrogen-bond acceptors (Lipinski definition) is 5. The van der Waals surface area contributed by atoms with E-state index in [0.717, 1.165) is 43.5 Å². The smallest absolute Gasteiger partial charge is 0.405 e. The summed E-state index contributed by atoms with van der Waals surface area (Å²) in [4.78, 5) is 2.93. The van der Waals surface area contributed by atoms with Crippen molar-refractivity contribution in [3.05, 3.63) is 132 Å². The van der Waals surface area contributed by atoms with Crippen LogP contribution in [-0.2, 0) is 36.3 Å². The normalized spacial score (nSPS) is 17.6. The van der Waals surface area contributed by atoms with Gasteiger partial charge in [-0.3, -0.25) is 4.55 Å². The third-order valence-corrected chi connectivity index (χ3v) is 11.4. The molecule has 6 rings (SSSR count). The lowest BCUT2D eigenvalue weighted by Gasteiger charge is -2.44. The molecule has 5 aromatic carbocycles. The fourth-order valence-corrected chi connectivity index (χ4v) is 8.01. The monoisotopic (exact) mass is 677 g/mol. The third-order valence-electron chi connectivity index (χ3n) is 8.10. The van der Waals surface area contributed by atoms with E-state index in [9.17, 15) is 17.2 Å². The van der Waals surface area contributed by atoms with Crippen molar-refractivity contribution in [1.82, 2.24) is 0 Å². The van der Waals surface area contributed by atoms with Crippen molar-refractivity contribution in [3.63, 3.8) is 0 Å². The van der Waals surface area contributed by atoms with Crippen LogP contribution in [0.15, 0.2) is 136 Å². The van der Waals surface area contributed by atoms with E-state index in [0.29, 0.717) is 13.2 Å². The molecule has 6 nitrogen and oxygen atoms in total. The molecule has 1 aliphatic rings. The van der Waals surface area contributed by atoms with Crippen LogP contribution in [0.3, 0.4) is 0 Å². The third kappa shape index (κ3) is 6.66. The Labute approximate surface area is 276 Å². The number of benzene rings is 5. The van der Waals surface area contributed by atoms with Crippen molar-refractivity contribution in [2.75, 3.05) is 13.2 Å². The molecule has 0 radical (unpaired) electrons. The van der Waals surface area contributed by atoms with Gasteiger partial charge in [-0.1, -0.05) is 68.4 Å². The highest BCUT2D eigenvalue weighted by molar-refractivity contribution is 7.97. The van der Waals surface area contributed by atoms with Crippen molar-refractivity contribution < 1.29 is 36.0 Å². The number of rotatable bonds is 9. The zero-order valence-electron chi connectivity index (χ0n) is 26.1. The van der Waals surface area contributed by atoms with Crippen molar-refractivity contribution in [2.24, 2.45) is 5.41 Å². The summed E-state index contributed by atoms with van der Waals surface area (Å²) in [5.41, 5.74) is 1.63. The molecule has 1 N–H and O–H groups in total. The van der Waals surface area contributed by atoms with Gasteiger partial charge in [0.25, 0.3) is 0 Å². The molecule has 244 valence electrons. The lowest BCUT2D eigenvalue weighted by Crippen LogP contribution is -2.46. The first kappa shape index (κ1) is 33.1. The fourth-order valence-electron chi connectivity index (χ4n) is 5.48. The Morgan fingerprint density at radius 1 is 0.745 bits per heavy atom. The summed E-state index contributed by atoms with van der Waals surface area (Å²) in [7, 11) is -6.23. The van der Waals surface area contributed by atoms with Crippen molar-refractivity contribution in [1.29, 1.82) is 0 Å². The van der Waals surface area contributed by atoms with Gasteiger partial charge in [0.2, 0.25) is 5.79 Å². The van der Waals surface area contributed by atoms with Crippen LogP contribution in [0.4, 0.5) is 8.78 Å². The van der Waals surface area contributed by atoms with Gasteiger partial charge in [0.1, 0.15) is 5.75 Å². The van der Waals surface area contributed by atoms with Crippen LogP contribution < -0.4 is 4.74 Å². The first-order chi connectivity index (χ1) is 22.3. The average molecular weight is 678 g/mol. The van der Waals surface area contributed by atoms with E-state index in [2.05, 4.69) is 56.3 Å². The fraction of sp³-hybridized carbons (Fsp3) is 0.243. The van der Waals surface area contributed by atoms with Gasteiger partial charge in [-0.15, -0.1) is 0 Å². The van der Waals surface area contributed by atoms with Gasteiger partial charge in [0.05, 0.1) is 24.1 Å². The van der Waals surface area contributed by atoms with E-state index in [1.54, 1.807) is 12.1 Å². The van der Waals surface area contributed by atoms with Gasteiger partial charge < -0.3 is 14.2 Å². The van der Waals surface area contributed by atoms with Crippen LogP contribution in [0.5, 0.6) is 5.75 Å². The van der Waals surface area contributed by atoms with E-state index in [1.807, 2.05) is 54.6 Å². The molecule has 47 heavy (non-hydrogen) atoms. The predicted molar refractivity (Wildman–Crippen MR) is 178 cm³/mol. The highest BCUT2D eigenvalue weighted by Gasteiger charge is 2.51. The van der Waals surface area contributed by atoms with E-state index >= 15 is 0 Å².